The van der Waals surface area contributed by atoms with Crippen LogP contribution < -0.4 is 15.2 Å². The fourth-order valence-corrected chi connectivity index (χ4v) is 4.13. The molecular formula is C23H27ClN2O4. The lowest BCUT2D eigenvalue weighted by Crippen LogP contribution is -2.30. The number of carbonyl (C=O) groups excluding carboxylic acids is 2. The normalized spacial score (nSPS) is 19.8. The number of nitrogens with zero attached hydrogens (tertiary/aromatic N) is 1. The van der Waals surface area contributed by atoms with Gasteiger partial charge in [-0.3, -0.25) is 9.59 Å². The number of carbonyl (C=O) groups is 2. The van der Waals surface area contributed by atoms with Gasteiger partial charge in [0.2, 0.25) is 5.91 Å². The Morgan fingerprint density at radius 1 is 0.967 bits per heavy atom. The Hall–Kier alpha value is -2.57. The molecule has 1 amide bonds. The van der Waals surface area contributed by atoms with Crippen molar-refractivity contribution < 1.29 is 19.1 Å². The van der Waals surface area contributed by atoms with Crippen LogP contribution in [0.25, 0.3) is 0 Å². The molecular weight excluding hydrogens is 404 g/mol. The van der Waals surface area contributed by atoms with Gasteiger partial charge < -0.3 is 20.1 Å². The SMILES string of the molecule is Cl.NC[C@@H]1CN(C(=O)CCC(=O)c2ccc3c(c2)OCCO3)C[C@H]1c1ccccc1. The first-order valence-corrected chi connectivity index (χ1v) is 10.1. The Kier molecular flexibility index (Phi) is 7.34. The largest absolute Gasteiger partial charge is 0.486 e. The number of nitrogens with two attached hydrogens (primary N) is 1. The minimum atomic E-state index is -0.0653. The van der Waals surface area contributed by atoms with Gasteiger partial charge in [-0.05, 0) is 36.2 Å². The lowest BCUT2D eigenvalue weighted by Gasteiger charge is -2.19. The van der Waals surface area contributed by atoms with Crippen molar-refractivity contribution in [1.29, 1.82) is 0 Å². The van der Waals surface area contributed by atoms with Gasteiger partial charge in [0.25, 0.3) is 0 Å². The molecule has 2 aliphatic rings. The van der Waals surface area contributed by atoms with E-state index in [2.05, 4.69) is 12.1 Å². The first-order chi connectivity index (χ1) is 14.2. The third kappa shape index (κ3) is 4.77. The number of rotatable bonds is 6. The highest BCUT2D eigenvalue weighted by Gasteiger charge is 2.35. The Labute approximate surface area is 182 Å². The number of ketones is 1. The maximum absolute atomic E-state index is 12.7. The molecule has 2 N–H and O–H groups in total. The number of hydrogen-bond acceptors (Lipinski definition) is 5. The third-order valence-electron chi connectivity index (χ3n) is 5.75. The molecule has 7 heteroatoms. The summed E-state index contributed by atoms with van der Waals surface area (Å²) in [7, 11) is 0. The summed E-state index contributed by atoms with van der Waals surface area (Å²) in [5.74, 6) is 1.68. The summed E-state index contributed by atoms with van der Waals surface area (Å²) in [6.07, 6.45) is 0.379. The Morgan fingerprint density at radius 3 is 2.43 bits per heavy atom. The van der Waals surface area contributed by atoms with Crippen LogP contribution in [0.5, 0.6) is 11.5 Å². The van der Waals surface area contributed by atoms with Crippen LogP contribution >= 0.6 is 12.4 Å². The van der Waals surface area contributed by atoms with Crippen LogP contribution in [-0.2, 0) is 4.79 Å². The molecule has 1 saturated heterocycles. The number of fused-ring (bicyclic) bond motifs is 1. The topological polar surface area (TPSA) is 81.9 Å². The first kappa shape index (κ1) is 22.1. The maximum atomic E-state index is 12.7. The van der Waals surface area contributed by atoms with Crippen molar-refractivity contribution in [2.45, 2.75) is 18.8 Å². The molecule has 0 radical (unpaired) electrons. The van der Waals surface area contributed by atoms with Crippen LogP contribution in [0.3, 0.4) is 0 Å². The predicted molar refractivity (Wildman–Crippen MR) is 117 cm³/mol. The number of ether oxygens (including phenoxy) is 2. The minimum Gasteiger partial charge on any atom is -0.486 e. The van der Waals surface area contributed by atoms with Crippen molar-refractivity contribution in [2.24, 2.45) is 11.7 Å². The molecule has 0 saturated carbocycles. The first-order valence-electron chi connectivity index (χ1n) is 10.1. The van der Waals surface area contributed by atoms with Crippen molar-refractivity contribution in [3.8, 4) is 11.5 Å². The Morgan fingerprint density at radius 2 is 1.70 bits per heavy atom. The van der Waals surface area contributed by atoms with Gasteiger partial charge in [0.15, 0.2) is 17.3 Å². The summed E-state index contributed by atoms with van der Waals surface area (Å²) in [6.45, 7) is 2.83. The summed E-state index contributed by atoms with van der Waals surface area (Å²) >= 11 is 0. The Balaban J connectivity index is 0.00000256. The molecule has 4 rings (SSSR count). The molecule has 2 aromatic carbocycles. The highest BCUT2D eigenvalue weighted by molar-refractivity contribution is 5.98. The van der Waals surface area contributed by atoms with Crippen LogP contribution in [0.1, 0.15) is 34.7 Å². The average Bonchev–Trinajstić information content (AvgIpc) is 3.22. The number of hydrogen-bond donors (Lipinski definition) is 1. The van der Waals surface area contributed by atoms with Crippen LogP contribution in [0, 0.1) is 5.92 Å². The van der Waals surface area contributed by atoms with E-state index in [1.807, 2.05) is 23.1 Å². The van der Waals surface area contributed by atoms with E-state index in [0.29, 0.717) is 49.9 Å². The fraction of sp³-hybridized carbons (Fsp3) is 0.391. The van der Waals surface area contributed by atoms with Gasteiger partial charge in [-0.1, -0.05) is 30.3 Å². The molecule has 1 fully saturated rings. The van der Waals surface area contributed by atoms with Crippen LogP contribution in [-0.4, -0.2) is 49.4 Å². The summed E-state index contributed by atoms with van der Waals surface area (Å²) in [6, 6.07) is 15.4. The second-order valence-electron chi connectivity index (χ2n) is 7.59. The van der Waals surface area contributed by atoms with Gasteiger partial charge in [0.1, 0.15) is 13.2 Å². The van der Waals surface area contributed by atoms with E-state index >= 15 is 0 Å². The average molecular weight is 431 g/mol. The smallest absolute Gasteiger partial charge is 0.223 e. The lowest BCUT2D eigenvalue weighted by molar-refractivity contribution is -0.130. The molecule has 2 aliphatic heterocycles. The summed E-state index contributed by atoms with van der Waals surface area (Å²) in [4.78, 5) is 27.2. The highest BCUT2D eigenvalue weighted by Crippen LogP contribution is 2.33. The van der Waals surface area contributed by atoms with Crippen molar-refractivity contribution in [2.75, 3.05) is 32.8 Å². The molecule has 0 aliphatic carbocycles. The highest BCUT2D eigenvalue weighted by atomic mass is 35.5. The molecule has 6 nitrogen and oxygen atoms in total. The zero-order valence-corrected chi connectivity index (χ0v) is 17.6. The molecule has 2 atom stereocenters. The summed E-state index contributed by atoms with van der Waals surface area (Å²) < 4.78 is 11.0. The molecule has 0 unspecified atom stereocenters. The van der Waals surface area contributed by atoms with Crippen LogP contribution in [0.15, 0.2) is 48.5 Å². The van der Waals surface area contributed by atoms with E-state index in [1.54, 1.807) is 18.2 Å². The monoisotopic (exact) mass is 430 g/mol. The zero-order valence-electron chi connectivity index (χ0n) is 16.8. The third-order valence-corrected chi connectivity index (χ3v) is 5.75. The van der Waals surface area contributed by atoms with Crippen molar-refractivity contribution in [3.05, 3.63) is 59.7 Å². The van der Waals surface area contributed by atoms with Crippen molar-refractivity contribution in [1.82, 2.24) is 4.90 Å². The van der Waals surface area contributed by atoms with E-state index in [1.165, 1.54) is 5.56 Å². The van der Waals surface area contributed by atoms with Gasteiger partial charge in [-0.2, -0.15) is 0 Å². The molecule has 0 spiro atoms. The number of benzene rings is 2. The Bertz CT molecular complexity index is 890. The second-order valence-corrected chi connectivity index (χ2v) is 7.59. The number of amides is 1. The van der Waals surface area contributed by atoms with E-state index in [4.69, 9.17) is 15.2 Å². The van der Waals surface area contributed by atoms with Gasteiger partial charge in [0.05, 0.1) is 0 Å². The molecule has 2 aromatic rings. The standard InChI is InChI=1S/C23H26N2O4.ClH/c24-13-18-14-25(15-19(18)16-4-2-1-3-5-16)23(27)9-7-20(26)17-6-8-21-22(12-17)29-11-10-28-21;/h1-6,8,12,18-19H,7,9-11,13-15,24H2;1H/t18-,19+;/m1./s1. The predicted octanol–water partition coefficient (Wildman–Crippen LogP) is 3.04. The fourth-order valence-electron chi connectivity index (χ4n) is 4.13. The van der Waals surface area contributed by atoms with E-state index in [0.717, 1.165) is 0 Å². The number of halogens is 1. The van der Waals surface area contributed by atoms with E-state index < -0.39 is 0 Å². The molecule has 2 heterocycles. The van der Waals surface area contributed by atoms with Gasteiger partial charge in [-0.25, -0.2) is 0 Å². The zero-order chi connectivity index (χ0) is 20.2. The van der Waals surface area contributed by atoms with Gasteiger partial charge in [0, 0.05) is 37.4 Å². The second kappa shape index (κ2) is 9.96. The molecule has 0 bridgehead atoms. The maximum Gasteiger partial charge on any atom is 0.223 e. The number of likely N-dealkylation sites (tertiary alicyclic amines) is 1. The molecule has 30 heavy (non-hydrogen) atoms. The number of Topliss-reactive ketones (excluding diaryl/α,β-unsaturated/α-hetero) is 1. The van der Waals surface area contributed by atoms with E-state index in [9.17, 15) is 9.59 Å². The summed E-state index contributed by atoms with van der Waals surface area (Å²) in [5.41, 5.74) is 7.72. The van der Waals surface area contributed by atoms with Crippen LogP contribution in [0.2, 0.25) is 0 Å². The lowest BCUT2D eigenvalue weighted by atomic mass is 9.89. The van der Waals surface area contributed by atoms with E-state index in [-0.39, 0.29) is 48.8 Å². The molecule has 0 aromatic heterocycles. The molecule has 160 valence electrons. The van der Waals surface area contributed by atoms with Gasteiger partial charge in [-0.15, -0.1) is 12.4 Å². The van der Waals surface area contributed by atoms with Crippen molar-refractivity contribution >= 4 is 24.1 Å². The van der Waals surface area contributed by atoms with Crippen LogP contribution in [0.4, 0.5) is 0 Å². The van der Waals surface area contributed by atoms with Gasteiger partial charge >= 0.3 is 0 Å². The summed E-state index contributed by atoms with van der Waals surface area (Å²) in [5, 5.41) is 0. The van der Waals surface area contributed by atoms with Crippen molar-refractivity contribution in [3.63, 3.8) is 0 Å². The minimum absolute atomic E-state index is 0. The quantitative estimate of drug-likeness (QED) is 0.712.